The molecule has 1 aromatic carbocycles. The summed E-state index contributed by atoms with van der Waals surface area (Å²) in [4.78, 5) is 10.2. The predicted octanol–water partition coefficient (Wildman–Crippen LogP) is 2.37. The van der Waals surface area contributed by atoms with Crippen LogP contribution >= 0.6 is 0 Å². The predicted molar refractivity (Wildman–Crippen MR) is 72.5 cm³/mol. The zero-order valence-corrected chi connectivity index (χ0v) is 12.2. The van der Waals surface area contributed by atoms with Crippen LogP contribution in [0.25, 0.3) is 0 Å². The minimum atomic E-state index is -3.77. The van der Waals surface area contributed by atoms with Gasteiger partial charge in [-0.25, -0.2) is 13.1 Å². The number of nitrogens with zero attached hydrogens (tertiary/aromatic N) is 1. The lowest BCUT2D eigenvalue weighted by Gasteiger charge is -2.24. The molecule has 0 spiro atoms. The molecule has 0 saturated heterocycles. The van der Waals surface area contributed by atoms with Crippen LogP contribution in [-0.4, -0.2) is 18.9 Å². The Kier molecular flexibility index (Phi) is 4.32. The maximum Gasteiger partial charge on any atom is 0.273 e. The van der Waals surface area contributed by atoms with Crippen molar-refractivity contribution in [2.24, 2.45) is 0 Å². The molecule has 0 aliphatic carbocycles. The van der Waals surface area contributed by atoms with Gasteiger partial charge in [-0.1, -0.05) is 13.0 Å². The smallest absolute Gasteiger partial charge is 0.258 e. The van der Waals surface area contributed by atoms with E-state index in [9.17, 15) is 18.5 Å². The third-order valence-electron chi connectivity index (χ3n) is 3.04. The van der Waals surface area contributed by atoms with E-state index in [1.807, 2.05) is 6.92 Å². The van der Waals surface area contributed by atoms with Crippen molar-refractivity contribution < 1.29 is 13.3 Å². The van der Waals surface area contributed by atoms with Crippen LogP contribution in [0.1, 0.15) is 32.8 Å². The molecule has 0 saturated carbocycles. The van der Waals surface area contributed by atoms with Crippen molar-refractivity contribution in [3.05, 3.63) is 33.9 Å². The summed E-state index contributed by atoms with van der Waals surface area (Å²) in [5.74, 6) is 0. The van der Waals surface area contributed by atoms with Gasteiger partial charge in [0.2, 0.25) is 10.0 Å². The Morgan fingerprint density at radius 2 is 1.95 bits per heavy atom. The molecule has 0 aliphatic heterocycles. The van der Waals surface area contributed by atoms with Gasteiger partial charge in [-0.05, 0) is 33.3 Å². The third kappa shape index (κ3) is 3.51. The van der Waals surface area contributed by atoms with Crippen LogP contribution in [0.4, 0.5) is 5.69 Å². The molecule has 0 atom stereocenters. The minimum Gasteiger partial charge on any atom is -0.258 e. The molecule has 0 bridgehead atoms. The number of nitrogens with one attached hydrogen (secondary N) is 1. The number of sulfonamides is 1. The second kappa shape index (κ2) is 5.26. The Morgan fingerprint density at radius 3 is 2.42 bits per heavy atom. The largest absolute Gasteiger partial charge is 0.273 e. The van der Waals surface area contributed by atoms with Crippen LogP contribution in [0, 0.1) is 17.0 Å². The molecular formula is C12H18N2O4S. The second-order valence-electron chi connectivity index (χ2n) is 5.00. The van der Waals surface area contributed by atoms with Crippen molar-refractivity contribution >= 4 is 15.7 Å². The highest BCUT2D eigenvalue weighted by Gasteiger charge is 2.28. The van der Waals surface area contributed by atoms with Crippen molar-refractivity contribution in [1.29, 1.82) is 0 Å². The Balaban J connectivity index is 3.31. The van der Waals surface area contributed by atoms with Crippen LogP contribution in [0.3, 0.4) is 0 Å². The second-order valence-corrected chi connectivity index (χ2v) is 6.65. The molecule has 1 N–H and O–H groups in total. The van der Waals surface area contributed by atoms with Gasteiger partial charge in [-0.2, -0.15) is 0 Å². The summed E-state index contributed by atoms with van der Waals surface area (Å²) in [6.07, 6.45) is 0.611. The van der Waals surface area contributed by atoms with Crippen LogP contribution in [-0.2, 0) is 10.0 Å². The van der Waals surface area contributed by atoms with Crippen LogP contribution in [0.15, 0.2) is 23.1 Å². The molecular weight excluding hydrogens is 268 g/mol. The van der Waals surface area contributed by atoms with E-state index in [-0.39, 0.29) is 16.1 Å². The van der Waals surface area contributed by atoms with E-state index in [1.165, 1.54) is 25.1 Å². The van der Waals surface area contributed by atoms with E-state index < -0.39 is 20.5 Å². The standard InChI is InChI=1S/C12H18N2O4S/c1-5-12(3,4)13-19(17,18)11-8-6-7-10(9(11)2)14(15)16/h6-8,13H,5H2,1-4H3. The van der Waals surface area contributed by atoms with Crippen LogP contribution in [0.5, 0.6) is 0 Å². The number of rotatable bonds is 5. The Bertz CT molecular complexity index is 594. The summed E-state index contributed by atoms with van der Waals surface area (Å²) in [6.45, 7) is 6.82. The molecule has 0 unspecified atom stereocenters. The van der Waals surface area contributed by atoms with E-state index >= 15 is 0 Å². The molecule has 1 aromatic rings. The Hall–Kier alpha value is -1.47. The number of benzene rings is 1. The van der Waals surface area contributed by atoms with Crippen molar-refractivity contribution in [3.8, 4) is 0 Å². The number of nitro benzene ring substituents is 1. The van der Waals surface area contributed by atoms with Gasteiger partial charge in [0.15, 0.2) is 0 Å². The molecule has 0 heterocycles. The third-order valence-corrected chi connectivity index (χ3v) is 4.88. The molecule has 7 heteroatoms. The summed E-state index contributed by atoms with van der Waals surface area (Å²) < 4.78 is 27.1. The molecule has 0 aliphatic rings. The van der Waals surface area contributed by atoms with Gasteiger partial charge in [0.05, 0.1) is 9.82 Å². The molecule has 0 fully saturated rings. The highest BCUT2D eigenvalue weighted by molar-refractivity contribution is 7.89. The lowest BCUT2D eigenvalue weighted by atomic mass is 10.0. The average Bonchev–Trinajstić information content (AvgIpc) is 2.27. The van der Waals surface area contributed by atoms with E-state index in [0.29, 0.717) is 6.42 Å². The molecule has 1 rings (SSSR count). The fraction of sp³-hybridized carbons (Fsp3) is 0.500. The maximum atomic E-state index is 12.3. The first-order valence-electron chi connectivity index (χ1n) is 5.89. The lowest BCUT2D eigenvalue weighted by Crippen LogP contribution is -2.42. The van der Waals surface area contributed by atoms with E-state index in [0.717, 1.165) is 0 Å². The Labute approximate surface area is 113 Å². The molecule has 0 radical (unpaired) electrons. The van der Waals surface area contributed by atoms with Crippen molar-refractivity contribution in [1.82, 2.24) is 4.72 Å². The van der Waals surface area contributed by atoms with Crippen molar-refractivity contribution in [2.75, 3.05) is 0 Å². The van der Waals surface area contributed by atoms with E-state index in [4.69, 9.17) is 0 Å². The Morgan fingerprint density at radius 1 is 1.37 bits per heavy atom. The summed E-state index contributed by atoms with van der Waals surface area (Å²) in [5.41, 5.74) is -0.653. The van der Waals surface area contributed by atoms with Crippen molar-refractivity contribution in [3.63, 3.8) is 0 Å². The first kappa shape index (κ1) is 15.6. The first-order chi connectivity index (χ1) is 8.60. The number of nitro groups is 1. The maximum absolute atomic E-state index is 12.3. The van der Waals surface area contributed by atoms with Crippen molar-refractivity contribution in [2.45, 2.75) is 44.6 Å². The van der Waals surface area contributed by atoms with Gasteiger partial charge in [-0.3, -0.25) is 10.1 Å². The first-order valence-corrected chi connectivity index (χ1v) is 7.37. The fourth-order valence-corrected chi connectivity index (χ4v) is 3.33. The van der Waals surface area contributed by atoms with Gasteiger partial charge < -0.3 is 0 Å². The lowest BCUT2D eigenvalue weighted by molar-refractivity contribution is -0.385. The van der Waals surface area contributed by atoms with Gasteiger partial charge in [0.25, 0.3) is 5.69 Å². The summed E-state index contributed by atoms with van der Waals surface area (Å²) in [5, 5.41) is 10.8. The van der Waals surface area contributed by atoms with Gasteiger partial charge in [0.1, 0.15) is 0 Å². The zero-order valence-electron chi connectivity index (χ0n) is 11.4. The summed E-state index contributed by atoms with van der Waals surface area (Å²) in [7, 11) is -3.77. The molecule has 0 amide bonds. The van der Waals surface area contributed by atoms with Gasteiger partial charge in [0, 0.05) is 17.2 Å². The quantitative estimate of drug-likeness (QED) is 0.664. The topological polar surface area (TPSA) is 89.3 Å². The average molecular weight is 286 g/mol. The van der Waals surface area contributed by atoms with Crippen LogP contribution < -0.4 is 4.72 Å². The highest BCUT2D eigenvalue weighted by atomic mass is 32.2. The minimum absolute atomic E-state index is 0.0526. The van der Waals surface area contributed by atoms with E-state index in [2.05, 4.69) is 4.72 Å². The number of hydrogen-bond donors (Lipinski definition) is 1. The summed E-state index contributed by atoms with van der Waals surface area (Å²) >= 11 is 0. The van der Waals surface area contributed by atoms with Gasteiger partial charge >= 0.3 is 0 Å². The molecule has 106 valence electrons. The van der Waals surface area contributed by atoms with E-state index in [1.54, 1.807) is 13.8 Å². The molecule has 6 nitrogen and oxygen atoms in total. The normalized spacial score (nSPS) is 12.4. The summed E-state index contributed by atoms with van der Waals surface area (Å²) in [6, 6.07) is 4.04. The monoisotopic (exact) mass is 286 g/mol. The molecule has 19 heavy (non-hydrogen) atoms. The SMILES string of the molecule is CCC(C)(C)NS(=O)(=O)c1cccc([N+](=O)[O-])c1C. The highest BCUT2D eigenvalue weighted by Crippen LogP contribution is 2.25. The molecule has 0 aromatic heterocycles. The fourth-order valence-electron chi connectivity index (χ4n) is 1.58. The zero-order chi connectivity index (χ0) is 14.8. The number of hydrogen-bond acceptors (Lipinski definition) is 4. The van der Waals surface area contributed by atoms with Gasteiger partial charge in [-0.15, -0.1) is 0 Å². The van der Waals surface area contributed by atoms with Crippen LogP contribution in [0.2, 0.25) is 0 Å².